The lowest BCUT2D eigenvalue weighted by atomic mass is 9.82. The number of hydrogen-bond acceptors (Lipinski definition) is 1. The highest BCUT2D eigenvalue weighted by atomic mass is 14.9. The van der Waals surface area contributed by atoms with E-state index in [1.807, 2.05) is 0 Å². The van der Waals surface area contributed by atoms with Gasteiger partial charge in [-0.1, -0.05) is 31.2 Å². The van der Waals surface area contributed by atoms with Crippen LogP contribution in [-0.2, 0) is 12.8 Å². The Bertz CT molecular complexity index is 392. The predicted molar refractivity (Wildman–Crippen MR) is 81.3 cm³/mol. The van der Waals surface area contributed by atoms with E-state index in [1.165, 1.54) is 38.6 Å². The monoisotopic (exact) mass is 257 g/mol. The summed E-state index contributed by atoms with van der Waals surface area (Å²) in [4.78, 5) is 0. The second-order valence-electron chi connectivity index (χ2n) is 6.59. The molecule has 19 heavy (non-hydrogen) atoms. The molecule has 3 unspecified atom stereocenters. The first-order valence-corrected chi connectivity index (χ1v) is 8.09. The van der Waals surface area contributed by atoms with E-state index in [-0.39, 0.29) is 0 Å². The third-order valence-electron chi connectivity index (χ3n) is 5.37. The number of fused-ring (bicyclic) bond motifs is 3. The average Bonchev–Trinajstić information content (AvgIpc) is 2.71. The van der Waals surface area contributed by atoms with Crippen molar-refractivity contribution in [3.05, 3.63) is 35.4 Å². The lowest BCUT2D eigenvalue weighted by Gasteiger charge is -2.29. The van der Waals surface area contributed by atoms with E-state index >= 15 is 0 Å². The largest absolute Gasteiger partial charge is 0.314 e. The van der Waals surface area contributed by atoms with Gasteiger partial charge in [-0.15, -0.1) is 0 Å². The van der Waals surface area contributed by atoms with E-state index in [4.69, 9.17) is 0 Å². The molecule has 1 fully saturated rings. The summed E-state index contributed by atoms with van der Waals surface area (Å²) in [5.41, 5.74) is 3.25. The molecular weight excluding hydrogens is 230 g/mol. The van der Waals surface area contributed by atoms with E-state index in [0.29, 0.717) is 6.04 Å². The first kappa shape index (κ1) is 13.2. The van der Waals surface area contributed by atoms with Crippen LogP contribution in [0.4, 0.5) is 0 Å². The van der Waals surface area contributed by atoms with Gasteiger partial charge >= 0.3 is 0 Å². The Kier molecular flexibility index (Phi) is 3.93. The molecule has 1 N–H and O–H groups in total. The van der Waals surface area contributed by atoms with Crippen LogP contribution in [0.2, 0.25) is 0 Å². The molecule has 1 heteroatoms. The molecule has 0 aromatic heterocycles. The maximum absolute atomic E-state index is 3.76. The van der Waals surface area contributed by atoms with Gasteiger partial charge in [0.05, 0.1) is 0 Å². The summed E-state index contributed by atoms with van der Waals surface area (Å²) in [6.07, 6.45) is 6.77. The minimum absolute atomic E-state index is 0.687. The summed E-state index contributed by atoms with van der Waals surface area (Å²) in [5.74, 6) is 2.71. The van der Waals surface area contributed by atoms with Gasteiger partial charge in [-0.3, -0.25) is 0 Å². The zero-order chi connectivity index (χ0) is 13.2. The Morgan fingerprint density at radius 1 is 1.11 bits per heavy atom. The quantitative estimate of drug-likeness (QED) is 0.864. The van der Waals surface area contributed by atoms with Gasteiger partial charge in [-0.25, -0.2) is 0 Å². The first-order chi connectivity index (χ1) is 9.29. The molecule has 0 saturated heterocycles. The minimum atomic E-state index is 0.687. The molecule has 0 radical (unpaired) electrons. The second-order valence-corrected chi connectivity index (χ2v) is 6.59. The highest BCUT2D eigenvalue weighted by molar-refractivity contribution is 5.30. The van der Waals surface area contributed by atoms with Gasteiger partial charge in [0.2, 0.25) is 0 Å². The van der Waals surface area contributed by atoms with Gasteiger partial charge in [0.1, 0.15) is 0 Å². The third kappa shape index (κ3) is 2.58. The molecule has 0 spiro atoms. The van der Waals surface area contributed by atoms with E-state index in [2.05, 4.69) is 43.4 Å². The van der Waals surface area contributed by atoms with Crippen molar-refractivity contribution >= 4 is 0 Å². The van der Waals surface area contributed by atoms with Crippen LogP contribution >= 0.6 is 0 Å². The van der Waals surface area contributed by atoms with Gasteiger partial charge < -0.3 is 5.32 Å². The molecule has 1 aromatic rings. The fourth-order valence-electron chi connectivity index (χ4n) is 4.52. The molecule has 0 amide bonds. The van der Waals surface area contributed by atoms with Crippen molar-refractivity contribution in [2.75, 3.05) is 6.54 Å². The molecule has 1 aromatic carbocycles. The van der Waals surface area contributed by atoms with Gasteiger partial charge in [-0.2, -0.15) is 0 Å². The first-order valence-electron chi connectivity index (χ1n) is 8.09. The molecule has 3 atom stereocenters. The molecule has 1 saturated carbocycles. The predicted octanol–water partition coefficient (Wildman–Crippen LogP) is 3.82. The standard InChI is InChI=1S/C18H27N/c1-3-10-19-13(2)18-16-8-9-17(18)12-15-7-5-4-6-14(15)11-16/h4-7,13,16-19H,3,8-12H2,1-2H3. The molecule has 0 heterocycles. The highest BCUT2D eigenvalue weighted by Gasteiger charge is 2.41. The normalized spacial score (nSPS) is 30.7. The maximum atomic E-state index is 3.76. The van der Waals surface area contributed by atoms with Crippen molar-refractivity contribution in [3.63, 3.8) is 0 Å². The van der Waals surface area contributed by atoms with E-state index in [0.717, 1.165) is 17.8 Å². The number of hydrogen-bond donors (Lipinski definition) is 1. The van der Waals surface area contributed by atoms with Crippen molar-refractivity contribution in [2.45, 2.75) is 52.0 Å². The number of benzene rings is 1. The summed E-state index contributed by atoms with van der Waals surface area (Å²) < 4.78 is 0. The Balaban J connectivity index is 1.79. The van der Waals surface area contributed by atoms with Crippen LogP contribution in [-0.4, -0.2) is 12.6 Å². The molecule has 1 nitrogen and oxygen atoms in total. The lowest BCUT2D eigenvalue weighted by molar-refractivity contribution is 0.243. The summed E-state index contributed by atoms with van der Waals surface area (Å²) in [5, 5.41) is 3.76. The lowest BCUT2D eigenvalue weighted by Crippen LogP contribution is -2.39. The molecule has 2 aliphatic rings. The van der Waals surface area contributed by atoms with Gasteiger partial charge in [0.15, 0.2) is 0 Å². The van der Waals surface area contributed by atoms with E-state index in [9.17, 15) is 0 Å². The van der Waals surface area contributed by atoms with Crippen LogP contribution in [0.5, 0.6) is 0 Å². The smallest absolute Gasteiger partial charge is 0.00725 e. The molecule has 0 aliphatic heterocycles. The number of rotatable bonds is 4. The fraction of sp³-hybridized carbons (Fsp3) is 0.667. The number of nitrogens with one attached hydrogen (secondary N) is 1. The van der Waals surface area contributed by atoms with Crippen molar-refractivity contribution < 1.29 is 0 Å². The maximum Gasteiger partial charge on any atom is 0.00725 e. The summed E-state index contributed by atoms with van der Waals surface area (Å²) >= 11 is 0. The average molecular weight is 257 g/mol. The summed E-state index contributed by atoms with van der Waals surface area (Å²) in [6.45, 7) is 5.85. The van der Waals surface area contributed by atoms with Crippen molar-refractivity contribution in [1.82, 2.24) is 5.32 Å². The molecule has 2 aliphatic carbocycles. The summed E-state index contributed by atoms with van der Waals surface area (Å²) in [7, 11) is 0. The zero-order valence-electron chi connectivity index (χ0n) is 12.4. The van der Waals surface area contributed by atoms with Crippen molar-refractivity contribution in [2.24, 2.45) is 17.8 Å². The van der Waals surface area contributed by atoms with Gasteiger partial charge in [0, 0.05) is 6.04 Å². The van der Waals surface area contributed by atoms with E-state index in [1.54, 1.807) is 11.1 Å². The van der Waals surface area contributed by atoms with Gasteiger partial charge in [-0.05, 0) is 74.5 Å². The molecule has 3 rings (SSSR count). The highest BCUT2D eigenvalue weighted by Crippen LogP contribution is 2.45. The molecule has 104 valence electrons. The van der Waals surface area contributed by atoms with Crippen molar-refractivity contribution in [3.8, 4) is 0 Å². The zero-order valence-corrected chi connectivity index (χ0v) is 12.4. The van der Waals surface area contributed by atoms with Gasteiger partial charge in [0.25, 0.3) is 0 Å². The molecular formula is C18H27N. The Morgan fingerprint density at radius 2 is 1.68 bits per heavy atom. The van der Waals surface area contributed by atoms with Crippen LogP contribution in [0.25, 0.3) is 0 Å². The molecule has 2 bridgehead atoms. The van der Waals surface area contributed by atoms with E-state index < -0.39 is 0 Å². The third-order valence-corrected chi connectivity index (χ3v) is 5.37. The topological polar surface area (TPSA) is 12.0 Å². The summed E-state index contributed by atoms with van der Waals surface area (Å²) in [6, 6.07) is 9.83. The van der Waals surface area contributed by atoms with Crippen molar-refractivity contribution in [1.29, 1.82) is 0 Å². The Hall–Kier alpha value is -0.820. The van der Waals surface area contributed by atoms with Crippen LogP contribution in [0.1, 0.15) is 44.2 Å². The van der Waals surface area contributed by atoms with Crippen LogP contribution in [0.15, 0.2) is 24.3 Å². The fourth-order valence-corrected chi connectivity index (χ4v) is 4.52. The van der Waals surface area contributed by atoms with Crippen LogP contribution in [0, 0.1) is 17.8 Å². The Morgan fingerprint density at radius 3 is 2.21 bits per heavy atom. The Labute approximate surface area is 117 Å². The SMILES string of the molecule is CCCNC(C)C1C2CCC1Cc1ccccc1C2. The minimum Gasteiger partial charge on any atom is -0.314 e. The van der Waals surface area contributed by atoms with Crippen LogP contribution < -0.4 is 5.32 Å². The van der Waals surface area contributed by atoms with Crippen LogP contribution in [0.3, 0.4) is 0 Å². The second kappa shape index (κ2) is 5.66.